The number of hydrogen-bond donors (Lipinski definition) is 1. The van der Waals surface area contributed by atoms with E-state index < -0.39 is 0 Å². The van der Waals surface area contributed by atoms with Crippen LogP contribution in [0.4, 0.5) is 4.79 Å². The molecule has 1 aliphatic heterocycles. The van der Waals surface area contributed by atoms with E-state index in [9.17, 15) is 9.59 Å². The van der Waals surface area contributed by atoms with Crippen molar-refractivity contribution in [3.8, 4) is 0 Å². The second kappa shape index (κ2) is 9.64. The van der Waals surface area contributed by atoms with Crippen molar-refractivity contribution < 1.29 is 9.59 Å². The highest BCUT2D eigenvalue weighted by Gasteiger charge is 2.31. The highest BCUT2D eigenvalue weighted by molar-refractivity contribution is 7.99. The highest BCUT2D eigenvalue weighted by Crippen LogP contribution is 2.21. The van der Waals surface area contributed by atoms with Crippen LogP contribution in [0, 0.1) is 0 Å². The monoisotopic (exact) mass is 394 g/mol. The van der Waals surface area contributed by atoms with Crippen molar-refractivity contribution in [1.82, 2.24) is 19.6 Å². The SMILES string of the molecule is CCCC=C1C(=O)NC(=O)N1CCCCSc1cccc2nccn12.Cl. The zero-order valence-electron chi connectivity index (χ0n) is 14.7. The molecule has 0 spiro atoms. The molecule has 3 heterocycles. The summed E-state index contributed by atoms with van der Waals surface area (Å²) in [6, 6.07) is 5.77. The summed E-state index contributed by atoms with van der Waals surface area (Å²) >= 11 is 1.78. The Bertz CT molecular complexity index is 805. The molecule has 1 N–H and O–H groups in total. The zero-order valence-corrected chi connectivity index (χ0v) is 16.3. The number of halogens is 1. The lowest BCUT2D eigenvalue weighted by molar-refractivity contribution is -0.116. The van der Waals surface area contributed by atoms with Gasteiger partial charge >= 0.3 is 6.03 Å². The number of carbonyl (C=O) groups is 2. The minimum absolute atomic E-state index is 0. The van der Waals surface area contributed by atoms with Gasteiger partial charge in [-0.15, -0.1) is 24.2 Å². The average Bonchev–Trinajstić information content (AvgIpc) is 3.18. The van der Waals surface area contributed by atoms with E-state index in [1.54, 1.807) is 22.9 Å². The number of hydrogen-bond acceptors (Lipinski definition) is 4. The van der Waals surface area contributed by atoms with E-state index in [0.717, 1.165) is 42.1 Å². The number of nitrogens with zero attached hydrogens (tertiary/aromatic N) is 3. The third kappa shape index (κ3) is 4.59. The fraction of sp³-hybridized carbons (Fsp3) is 0.389. The number of imidazole rings is 1. The number of rotatable bonds is 8. The molecular formula is C18H23ClN4O2S. The predicted octanol–water partition coefficient (Wildman–Crippen LogP) is 3.86. The molecule has 8 heteroatoms. The number of imide groups is 1. The number of carbonyl (C=O) groups excluding carboxylic acids is 2. The number of pyridine rings is 1. The van der Waals surface area contributed by atoms with E-state index in [0.29, 0.717) is 12.2 Å². The third-order valence-corrected chi connectivity index (χ3v) is 5.15. The molecule has 0 atom stereocenters. The standard InChI is InChI=1S/C18H22N4O2S.ClH/c1-2-3-7-14-17(23)20-18(24)21(14)11-4-5-13-25-16-9-6-8-15-19-10-12-22(15)16;/h6-10,12H,2-5,11,13H2,1H3,(H,20,23,24);1H. The summed E-state index contributed by atoms with van der Waals surface area (Å²) in [7, 11) is 0. The molecule has 1 saturated heterocycles. The minimum atomic E-state index is -0.303. The summed E-state index contributed by atoms with van der Waals surface area (Å²) in [5.41, 5.74) is 1.45. The largest absolute Gasteiger partial charge is 0.328 e. The molecule has 6 nitrogen and oxygen atoms in total. The van der Waals surface area contributed by atoms with Crippen molar-refractivity contribution >= 4 is 41.8 Å². The normalized spacial score (nSPS) is 15.6. The quantitative estimate of drug-likeness (QED) is 0.319. The van der Waals surface area contributed by atoms with Crippen molar-refractivity contribution in [2.45, 2.75) is 37.6 Å². The first-order valence-electron chi connectivity index (χ1n) is 8.58. The summed E-state index contributed by atoms with van der Waals surface area (Å²) in [6.45, 7) is 2.62. The van der Waals surface area contributed by atoms with Gasteiger partial charge < -0.3 is 0 Å². The van der Waals surface area contributed by atoms with Crippen LogP contribution < -0.4 is 5.32 Å². The van der Waals surface area contributed by atoms with Crippen LogP contribution in [0.3, 0.4) is 0 Å². The van der Waals surface area contributed by atoms with Gasteiger partial charge in [-0.05, 0) is 37.1 Å². The highest BCUT2D eigenvalue weighted by atomic mass is 35.5. The summed E-state index contributed by atoms with van der Waals surface area (Å²) in [5, 5.41) is 3.53. The van der Waals surface area contributed by atoms with Crippen LogP contribution in [0.25, 0.3) is 5.65 Å². The molecule has 0 aliphatic carbocycles. The van der Waals surface area contributed by atoms with Crippen molar-refractivity contribution in [3.05, 3.63) is 42.4 Å². The van der Waals surface area contributed by atoms with Crippen LogP contribution in [-0.4, -0.2) is 38.5 Å². The van der Waals surface area contributed by atoms with Gasteiger partial charge in [-0.3, -0.25) is 19.4 Å². The first-order chi connectivity index (χ1) is 12.2. The van der Waals surface area contributed by atoms with Gasteiger partial charge in [0, 0.05) is 18.9 Å². The Morgan fingerprint density at radius 2 is 2.12 bits per heavy atom. The average molecular weight is 395 g/mol. The van der Waals surface area contributed by atoms with Crippen LogP contribution >= 0.6 is 24.2 Å². The Hall–Kier alpha value is -1.99. The van der Waals surface area contributed by atoms with Gasteiger partial charge in [0.05, 0.1) is 5.03 Å². The lowest BCUT2D eigenvalue weighted by Gasteiger charge is -2.15. The summed E-state index contributed by atoms with van der Waals surface area (Å²) in [5.74, 6) is 0.675. The van der Waals surface area contributed by atoms with Gasteiger partial charge in [0.15, 0.2) is 0 Å². The minimum Gasteiger partial charge on any atom is -0.294 e. The Kier molecular flexibility index (Phi) is 7.53. The molecule has 0 bridgehead atoms. The third-order valence-electron chi connectivity index (χ3n) is 4.03. The van der Waals surface area contributed by atoms with Crippen molar-refractivity contribution in [1.29, 1.82) is 0 Å². The summed E-state index contributed by atoms with van der Waals surface area (Å²) in [6.07, 6.45) is 9.20. The summed E-state index contributed by atoms with van der Waals surface area (Å²) < 4.78 is 2.07. The molecule has 3 rings (SSSR count). The number of thioether (sulfide) groups is 1. The number of unbranched alkanes of at least 4 members (excludes halogenated alkanes) is 2. The molecule has 1 aliphatic rings. The van der Waals surface area contributed by atoms with E-state index in [1.807, 2.05) is 31.3 Å². The second-order valence-corrected chi connectivity index (χ2v) is 6.98. The smallest absolute Gasteiger partial charge is 0.294 e. The van der Waals surface area contributed by atoms with Crippen LogP contribution in [0.5, 0.6) is 0 Å². The molecule has 0 saturated carbocycles. The predicted molar refractivity (Wildman–Crippen MR) is 106 cm³/mol. The number of nitrogens with one attached hydrogen (secondary N) is 1. The van der Waals surface area contributed by atoms with Gasteiger partial charge in [-0.25, -0.2) is 9.78 Å². The lowest BCUT2D eigenvalue weighted by atomic mass is 10.2. The molecule has 0 radical (unpaired) electrons. The molecular weight excluding hydrogens is 372 g/mol. The van der Waals surface area contributed by atoms with Crippen molar-refractivity contribution in [2.24, 2.45) is 0 Å². The van der Waals surface area contributed by atoms with Crippen LogP contribution in [-0.2, 0) is 4.79 Å². The van der Waals surface area contributed by atoms with Crippen LogP contribution in [0.2, 0.25) is 0 Å². The van der Waals surface area contributed by atoms with E-state index in [2.05, 4.69) is 20.8 Å². The van der Waals surface area contributed by atoms with E-state index in [4.69, 9.17) is 0 Å². The Morgan fingerprint density at radius 1 is 1.27 bits per heavy atom. The van der Waals surface area contributed by atoms with Gasteiger partial charge in [0.1, 0.15) is 11.3 Å². The number of urea groups is 1. The Labute approximate surface area is 163 Å². The number of aromatic nitrogens is 2. The maximum absolute atomic E-state index is 11.9. The van der Waals surface area contributed by atoms with Gasteiger partial charge in [0.2, 0.25) is 0 Å². The van der Waals surface area contributed by atoms with Crippen molar-refractivity contribution in [2.75, 3.05) is 12.3 Å². The summed E-state index contributed by atoms with van der Waals surface area (Å²) in [4.78, 5) is 29.6. The molecule has 0 unspecified atom stereocenters. The van der Waals surface area contributed by atoms with E-state index in [1.165, 1.54) is 0 Å². The van der Waals surface area contributed by atoms with Gasteiger partial charge in [-0.2, -0.15) is 0 Å². The maximum Gasteiger partial charge on any atom is 0.328 e. The number of allylic oxidation sites excluding steroid dienone is 1. The van der Waals surface area contributed by atoms with Gasteiger partial charge in [-0.1, -0.05) is 25.5 Å². The number of fused-ring (bicyclic) bond motifs is 1. The Balaban J connectivity index is 0.00000243. The molecule has 1 fully saturated rings. The van der Waals surface area contributed by atoms with E-state index >= 15 is 0 Å². The lowest BCUT2D eigenvalue weighted by Crippen LogP contribution is -2.28. The topological polar surface area (TPSA) is 66.7 Å². The molecule has 140 valence electrons. The molecule has 2 aromatic heterocycles. The molecule has 26 heavy (non-hydrogen) atoms. The van der Waals surface area contributed by atoms with Crippen LogP contribution in [0.15, 0.2) is 47.4 Å². The Morgan fingerprint density at radius 3 is 2.92 bits per heavy atom. The van der Waals surface area contributed by atoms with Gasteiger partial charge in [0.25, 0.3) is 5.91 Å². The van der Waals surface area contributed by atoms with Crippen molar-refractivity contribution in [3.63, 3.8) is 0 Å². The fourth-order valence-corrected chi connectivity index (χ4v) is 3.78. The first kappa shape index (κ1) is 20.3. The molecule has 0 aromatic carbocycles. The number of amides is 3. The molecule has 3 amide bonds. The fourth-order valence-electron chi connectivity index (χ4n) is 2.75. The van der Waals surface area contributed by atoms with Crippen LogP contribution in [0.1, 0.15) is 32.6 Å². The molecule has 2 aromatic rings. The second-order valence-electron chi connectivity index (χ2n) is 5.86. The van der Waals surface area contributed by atoms with E-state index in [-0.39, 0.29) is 24.3 Å². The first-order valence-corrected chi connectivity index (χ1v) is 9.57. The zero-order chi connectivity index (χ0) is 17.6. The maximum atomic E-state index is 11.9.